The Labute approximate surface area is 214 Å². The van der Waals surface area contributed by atoms with E-state index < -0.39 is 0 Å². The van der Waals surface area contributed by atoms with Gasteiger partial charge in [0, 0.05) is 62.9 Å². The van der Waals surface area contributed by atoms with Gasteiger partial charge >= 0.3 is 0 Å². The standard InChI is InChI=1S/C28H38N4O4/c1-3-22(13-14-29-4-2)11-12-23-7-6-10-26(33)32(28(23)35)25-9-5-8-24(21-25)27(34)30-15-16-31-17-19-36-20-18-31/h5,8-9,11-12,14,21H,3-4,6-7,10,13,15-20H2,1-2H3,(H,30,34)/b22-11?,23-12+,29-14?. The fourth-order valence-electron chi connectivity index (χ4n) is 4.22. The number of allylic oxidation sites excluding steroid dienone is 3. The van der Waals surface area contributed by atoms with Gasteiger partial charge in [-0.2, -0.15) is 0 Å². The minimum atomic E-state index is -0.323. The van der Waals surface area contributed by atoms with Crippen LogP contribution in [0.1, 0.15) is 56.3 Å². The summed E-state index contributed by atoms with van der Waals surface area (Å²) >= 11 is 0. The molecule has 2 aliphatic heterocycles. The van der Waals surface area contributed by atoms with Crippen molar-refractivity contribution in [1.29, 1.82) is 0 Å². The zero-order chi connectivity index (χ0) is 25.8. The molecular formula is C28H38N4O4. The van der Waals surface area contributed by atoms with Gasteiger partial charge in [-0.25, -0.2) is 4.90 Å². The van der Waals surface area contributed by atoms with Crippen molar-refractivity contribution < 1.29 is 19.1 Å². The van der Waals surface area contributed by atoms with Crippen molar-refractivity contribution >= 4 is 29.6 Å². The summed E-state index contributed by atoms with van der Waals surface area (Å²) in [5, 5.41) is 2.94. The molecule has 0 aliphatic carbocycles. The molecule has 0 radical (unpaired) electrons. The van der Waals surface area contributed by atoms with E-state index in [1.165, 1.54) is 10.5 Å². The van der Waals surface area contributed by atoms with E-state index in [-0.39, 0.29) is 24.1 Å². The maximum atomic E-state index is 13.4. The van der Waals surface area contributed by atoms with E-state index in [2.05, 4.69) is 22.1 Å². The van der Waals surface area contributed by atoms with Crippen LogP contribution >= 0.6 is 0 Å². The molecule has 36 heavy (non-hydrogen) atoms. The summed E-state index contributed by atoms with van der Waals surface area (Å²) in [5.74, 6) is -0.792. The molecular weight excluding hydrogens is 456 g/mol. The van der Waals surface area contributed by atoms with Crippen molar-refractivity contribution in [3.05, 3.63) is 53.1 Å². The van der Waals surface area contributed by atoms with Crippen LogP contribution in [0.25, 0.3) is 0 Å². The highest BCUT2D eigenvalue weighted by molar-refractivity contribution is 6.21. The molecule has 0 spiro atoms. The average molecular weight is 495 g/mol. The highest BCUT2D eigenvalue weighted by Crippen LogP contribution is 2.26. The van der Waals surface area contributed by atoms with E-state index in [1.54, 1.807) is 24.3 Å². The largest absolute Gasteiger partial charge is 0.379 e. The first-order valence-corrected chi connectivity index (χ1v) is 13.0. The molecule has 194 valence electrons. The van der Waals surface area contributed by atoms with Gasteiger partial charge in [0.1, 0.15) is 0 Å². The van der Waals surface area contributed by atoms with Crippen LogP contribution in [0.4, 0.5) is 5.69 Å². The number of carbonyl (C=O) groups excluding carboxylic acids is 3. The third-order valence-electron chi connectivity index (χ3n) is 6.39. The van der Waals surface area contributed by atoms with Crippen molar-refractivity contribution in [3.8, 4) is 0 Å². The van der Waals surface area contributed by atoms with Crippen molar-refractivity contribution in [2.45, 2.75) is 46.0 Å². The van der Waals surface area contributed by atoms with Crippen LogP contribution in [0.2, 0.25) is 0 Å². The van der Waals surface area contributed by atoms with Crippen LogP contribution in [0.5, 0.6) is 0 Å². The molecule has 3 rings (SSSR count). The van der Waals surface area contributed by atoms with Gasteiger partial charge in [0.15, 0.2) is 0 Å². The van der Waals surface area contributed by atoms with Crippen molar-refractivity contribution in [3.63, 3.8) is 0 Å². The highest BCUT2D eigenvalue weighted by Gasteiger charge is 2.29. The normalized spacial score (nSPS) is 19.2. The zero-order valence-corrected chi connectivity index (χ0v) is 21.5. The number of anilines is 1. The van der Waals surface area contributed by atoms with Gasteiger partial charge in [-0.3, -0.25) is 24.3 Å². The SMILES string of the molecule is CCN=CCC(=C/C=C1\CCCC(=O)N(c2cccc(C(=O)NCCN3CCOCC3)c2)C1=O)CC. The quantitative estimate of drug-likeness (QED) is 0.305. The van der Waals surface area contributed by atoms with E-state index >= 15 is 0 Å². The van der Waals surface area contributed by atoms with Gasteiger partial charge in [-0.05, 0) is 44.4 Å². The number of nitrogens with one attached hydrogen (secondary N) is 1. The molecule has 2 aliphatic rings. The third kappa shape index (κ3) is 7.96. The number of rotatable bonds is 10. The number of ether oxygens (including phenoxy) is 1. The number of benzene rings is 1. The summed E-state index contributed by atoms with van der Waals surface area (Å²) in [5.41, 5.74) is 2.62. The molecule has 3 amide bonds. The molecule has 8 heteroatoms. The third-order valence-corrected chi connectivity index (χ3v) is 6.39. The lowest BCUT2D eigenvalue weighted by Crippen LogP contribution is -2.41. The second-order valence-corrected chi connectivity index (χ2v) is 8.90. The van der Waals surface area contributed by atoms with E-state index in [0.717, 1.165) is 39.0 Å². The second-order valence-electron chi connectivity index (χ2n) is 8.90. The van der Waals surface area contributed by atoms with Gasteiger partial charge in [-0.1, -0.05) is 30.7 Å². The average Bonchev–Trinajstić information content (AvgIpc) is 3.04. The van der Waals surface area contributed by atoms with Crippen molar-refractivity contribution in [1.82, 2.24) is 10.2 Å². The Balaban J connectivity index is 1.72. The Morgan fingerprint density at radius 3 is 2.72 bits per heavy atom. The number of imide groups is 1. The van der Waals surface area contributed by atoms with Crippen LogP contribution < -0.4 is 10.2 Å². The molecule has 0 atom stereocenters. The predicted octanol–water partition coefficient (Wildman–Crippen LogP) is 3.54. The van der Waals surface area contributed by atoms with Crippen LogP contribution in [0.3, 0.4) is 0 Å². The summed E-state index contributed by atoms with van der Waals surface area (Å²) in [6.45, 7) is 9.25. The zero-order valence-electron chi connectivity index (χ0n) is 21.5. The summed E-state index contributed by atoms with van der Waals surface area (Å²) in [4.78, 5) is 46.8. The lowest BCUT2D eigenvalue weighted by Gasteiger charge is -2.26. The van der Waals surface area contributed by atoms with Crippen molar-refractivity contribution in [2.24, 2.45) is 4.99 Å². The summed E-state index contributed by atoms with van der Waals surface area (Å²) in [6.07, 6.45) is 8.76. The molecule has 2 saturated heterocycles. The van der Waals surface area contributed by atoms with Gasteiger partial charge < -0.3 is 10.1 Å². The number of amides is 3. The molecule has 2 heterocycles. The van der Waals surface area contributed by atoms with Gasteiger partial charge in [0.2, 0.25) is 5.91 Å². The smallest absolute Gasteiger partial charge is 0.260 e. The summed E-state index contributed by atoms with van der Waals surface area (Å²) in [7, 11) is 0. The number of hydrogen-bond acceptors (Lipinski definition) is 6. The fourth-order valence-corrected chi connectivity index (χ4v) is 4.22. The molecule has 1 aromatic rings. The Morgan fingerprint density at radius 1 is 1.17 bits per heavy atom. The fraction of sp³-hybridized carbons (Fsp3) is 0.500. The Morgan fingerprint density at radius 2 is 1.97 bits per heavy atom. The van der Waals surface area contributed by atoms with Crippen LogP contribution in [-0.4, -0.2) is 74.8 Å². The minimum Gasteiger partial charge on any atom is -0.379 e. The topological polar surface area (TPSA) is 91.3 Å². The number of nitrogens with zero attached hydrogens (tertiary/aromatic N) is 3. The Hall–Kier alpha value is -3.10. The second kappa shape index (κ2) is 14.5. The lowest BCUT2D eigenvalue weighted by molar-refractivity contribution is -0.124. The Bertz CT molecular complexity index is 1010. The molecule has 2 fully saturated rings. The minimum absolute atomic E-state index is 0.222. The predicted molar refractivity (Wildman–Crippen MR) is 142 cm³/mol. The first-order valence-electron chi connectivity index (χ1n) is 13.0. The lowest BCUT2D eigenvalue weighted by atomic mass is 10.1. The molecule has 0 aromatic heterocycles. The maximum Gasteiger partial charge on any atom is 0.260 e. The Kier molecular flexibility index (Phi) is 11.0. The van der Waals surface area contributed by atoms with Crippen LogP contribution in [-0.2, 0) is 14.3 Å². The number of morpholine rings is 1. The molecule has 0 saturated carbocycles. The van der Waals surface area contributed by atoms with E-state index in [0.29, 0.717) is 49.4 Å². The van der Waals surface area contributed by atoms with E-state index in [9.17, 15) is 14.4 Å². The van der Waals surface area contributed by atoms with Gasteiger partial charge in [0.25, 0.3) is 11.8 Å². The van der Waals surface area contributed by atoms with Crippen LogP contribution in [0, 0.1) is 0 Å². The molecule has 8 nitrogen and oxygen atoms in total. The maximum absolute atomic E-state index is 13.4. The van der Waals surface area contributed by atoms with Crippen LogP contribution in [0.15, 0.2) is 52.6 Å². The van der Waals surface area contributed by atoms with Crippen molar-refractivity contribution in [2.75, 3.05) is 50.8 Å². The summed E-state index contributed by atoms with van der Waals surface area (Å²) < 4.78 is 5.35. The highest BCUT2D eigenvalue weighted by atomic mass is 16.5. The van der Waals surface area contributed by atoms with E-state index in [1.807, 2.05) is 25.3 Å². The molecule has 0 bridgehead atoms. The number of hydrogen-bond donors (Lipinski definition) is 1. The number of carbonyl (C=O) groups is 3. The van der Waals surface area contributed by atoms with E-state index in [4.69, 9.17) is 4.74 Å². The first-order chi connectivity index (χ1) is 17.5. The first kappa shape index (κ1) is 27.5. The molecule has 1 N–H and O–H groups in total. The van der Waals surface area contributed by atoms with Gasteiger partial charge in [0.05, 0.1) is 18.9 Å². The van der Waals surface area contributed by atoms with Gasteiger partial charge in [-0.15, -0.1) is 0 Å². The summed E-state index contributed by atoms with van der Waals surface area (Å²) in [6, 6.07) is 6.74. The number of aliphatic imine (C=N–C) groups is 1. The monoisotopic (exact) mass is 494 g/mol. The molecule has 0 unspecified atom stereocenters. The molecule has 1 aromatic carbocycles.